The molecule has 0 atom stereocenters. The molecule has 1 aromatic rings. The first-order valence-electron chi connectivity index (χ1n) is 5.20. The van der Waals surface area contributed by atoms with E-state index >= 15 is 0 Å². The van der Waals surface area contributed by atoms with Gasteiger partial charge in [-0.2, -0.15) is 0 Å². The lowest BCUT2D eigenvalue weighted by molar-refractivity contribution is 0.159. The lowest BCUT2D eigenvalue weighted by Crippen LogP contribution is -1.99. The van der Waals surface area contributed by atoms with Crippen LogP contribution in [0.4, 0.5) is 0 Å². The number of halogens is 2. The average molecular weight is 420 g/mol. The van der Waals surface area contributed by atoms with E-state index in [1.165, 1.54) is 11.3 Å². The summed E-state index contributed by atoms with van der Waals surface area (Å²) in [7, 11) is -3.58. The Morgan fingerprint density at radius 1 is 1.33 bits per heavy atom. The highest BCUT2D eigenvalue weighted by atomic mass is 79.9. The minimum absolute atomic E-state index is 0.245. The summed E-state index contributed by atoms with van der Waals surface area (Å²) in [4.78, 5) is 0.818. The van der Waals surface area contributed by atoms with Crippen LogP contribution in [0.25, 0.3) is 5.76 Å². The Hall–Kier alpha value is 0.350. The van der Waals surface area contributed by atoms with Gasteiger partial charge in [-0.05, 0) is 57.2 Å². The lowest BCUT2D eigenvalue weighted by atomic mass is 10.4. The van der Waals surface area contributed by atoms with E-state index in [9.17, 15) is 4.57 Å². The van der Waals surface area contributed by atoms with Gasteiger partial charge in [0.2, 0.25) is 0 Å². The molecule has 8 heteroatoms. The Kier molecular flexibility index (Phi) is 7.13. The van der Waals surface area contributed by atoms with Gasteiger partial charge in [-0.25, -0.2) is 4.57 Å². The van der Waals surface area contributed by atoms with Gasteiger partial charge in [0.25, 0.3) is 0 Å². The third-order valence-electron chi connectivity index (χ3n) is 1.69. The molecule has 0 N–H and O–H groups in total. The van der Waals surface area contributed by atoms with Crippen molar-refractivity contribution in [1.29, 1.82) is 0 Å². The fourth-order valence-electron chi connectivity index (χ4n) is 1.10. The van der Waals surface area contributed by atoms with Crippen LogP contribution in [0, 0.1) is 0 Å². The summed E-state index contributed by atoms with van der Waals surface area (Å²) < 4.78 is 28.4. The molecule has 4 nitrogen and oxygen atoms in total. The number of thiophene rings is 1. The summed E-state index contributed by atoms with van der Waals surface area (Å²) >= 11 is 7.99. The van der Waals surface area contributed by atoms with Crippen molar-refractivity contribution in [3.05, 3.63) is 25.8 Å². The van der Waals surface area contributed by atoms with Gasteiger partial charge >= 0.3 is 7.82 Å². The summed E-state index contributed by atoms with van der Waals surface area (Å²) in [6, 6.07) is 3.73. The molecule has 1 heterocycles. The van der Waals surface area contributed by atoms with Crippen molar-refractivity contribution >= 4 is 56.8 Å². The predicted molar refractivity (Wildman–Crippen MR) is 81.0 cm³/mol. The van der Waals surface area contributed by atoms with Crippen molar-refractivity contribution in [2.24, 2.45) is 0 Å². The first-order chi connectivity index (χ1) is 8.52. The predicted octanol–water partition coefficient (Wildman–Crippen LogP) is 5.36. The van der Waals surface area contributed by atoms with E-state index in [0.717, 1.165) is 4.88 Å². The van der Waals surface area contributed by atoms with Gasteiger partial charge in [-0.15, -0.1) is 11.3 Å². The van der Waals surface area contributed by atoms with Crippen LogP contribution in [-0.2, 0) is 18.1 Å². The molecule has 0 unspecified atom stereocenters. The van der Waals surface area contributed by atoms with E-state index in [0.29, 0.717) is 9.15 Å². The molecular formula is C10H13Br2O4PS. The molecule has 0 saturated heterocycles. The van der Waals surface area contributed by atoms with Crippen molar-refractivity contribution in [1.82, 2.24) is 0 Å². The molecule has 0 aliphatic rings. The average Bonchev–Trinajstić information content (AvgIpc) is 2.79. The molecule has 0 spiro atoms. The SMILES string of the molecule is CCOP(=O)(OCC)OC(=C(Br)Br)c1cccs1. The van der Waals surface area contributed by atoms with Crippen molar-refractivity contribution in [2.75, 3.05) is 13.2 Å². The number of hydrogen-bond donors (Lipinski definition) is 0. The first-order valence-corrected chi connectivity index (χ1v) is 9.13. The van der Waals surface area contributed by atoms with Crippen LogP contribution in [0.2, 0.25) is 0 Å². The molecule has 18 heavy (non-hydrogen) atoms. The van der Waals surface area contributed by atoms with Crippen molar-refractivity contribution in [3.8, 4) is 0 Å². The van der Waals surface area contributed by atoms with E-state index in [2.05, 4.69) is 31.9 Å². The van der Waals surface area contributed by atoms with Crippen LogP contribution in [0.5, 0.6) is 0 Å². The fourth-order valence-corrected chi connectivity index (χ4v) is 4.20. The Bertz CT molecular complexity index is 433. The van der Waals surface area contributed by atoms with E-state index in [4.69, 9.17) is 13.6 Å². The topological polar surface area (TPSA) is 44.8 Å². The number of phosphoric ester groups is 1. The van der Waals surface area contributed by atoms with Gasteiger partial charge in [0.05, 0.1) is 18.1 Å². The monoisotopic (exact) mass is 418 g/mol. The highest BCUT2D eigenvalue weighted by Crippen LogP contribution is 2.54. The highest BCUT2D eigenvalue weighted by molar-refractivity contribution is 9.28. The Labute approximate surface area is 127 Å². The molecule has 1 aromatic heterocycles. The smallest absolute Gasteiger partial charge is 0.401 e. The molecule has 0 aliphatic carbocycles. The summed E-state index contributed by atoms with van der Waals surface area (Å²) in [6.45, 7) is 3.95. The maximum Gasteiger partial charge on any atom is 0.530 e. The van der Waals surface area contributed by atoms with E-state index < -0.39 is 7.82 Å². The molecule has 0 fully saturated rings. The second kappa shape index (κ2) is 7.82. The Balaban J connectivity index is 2.97. The summed E-state index contributed by atoms with van der Waals surface area (Å²) in [5, 5.41) is 1.90. The number of rotatable bonds is 7. The van der Waals surface area contributed by atoms with Crippen LogP contribution in [-0.4, -0.2) is 13.2 Å². The Morgan fingerprint density at radius 3 is 2.33 bits per heavy atom. The van der Waals surface area contributed by atoms with Gasteiger partial charge in [-0.3, -0.25) is 9.05 Å². The first kappa shape index (κ1) is 16.4. The van der Waals surface area contributed by atoms with Crippen LogP contribution in [0.15, 0.2) is 20.9 Å². The van der Waals surface area contributed by atoms with Crippen LogP contribution in [0.1, 0.15) is 18.7 Å². The summed E-state index contributed by atoms with van der Waals surface area (Å²) in [5.41, 5.74) is 0. The highest BCUT2D eigenvalue weighted by Gasteiger charge is 2.30. The van der Waals surface area contributed by atoms with E-state index in [-0.39, 0.29) is 13.2 Å². The summed E-state index contributed by atoms with van der Waals surface area (Å²) in [5.74, 6) is 0.398. The zero-order valence-corrected chi connectivity index (χ0v) is 14.8. The van der Waals surface area contributed by atoms with Crippen LogP contribution < -0.4 is 0 Å². The molecular weight excluding hydrogens is 407 g/mol. The van der Waals surface area contributed by atoms with Crippen molar-refractivity contribution in [2.45, 2.75) is 13.8 Å². The lowest BCUT2D eigenvalue weighted by Gasteiger charge is -2.18. The third-order valence-corrected chi connectivity index (χ3v) is 4.84. The zero-order chi connectivity index (χ0) is 13.6. The zero-order valence-electron chi connectivity index (χ0n) is 9.89. The quantitative estimate of drug-likeness (QED) is 0.440. The molecule has 1 rings (SSSR count). The van der Waals surface area contributed by atoms with Crippen molar-refractivity contribution < 1.29 is 18.1 Å². The molecule has 0 saturated carbocycles. The maximum atomic E-state index is 12.3. The maximum absolute atomic E-state index is 12.3. The van der Waals surface area contributed by atoms with E-state index in [1.807, 2.05) is 17.5 Å². The van der Waals surface area contributed by atoms with Gasteiger partial charge in [0, 0.05) is 0 Å². The van der Waals surface area contributed by atoms with Gasteiger partial charge in [-0.1, -0.05) is 6.07 Å². The molecule has 0 bridgehead atoms. The van der Waals surface area contributed by atoms with Crippen molar-refractivity contribution in [3.63, 3.8) is 0 Å². The second-order valence-electron chi connectivity index (χ2n) is 2.94. The minimum Gasteiger partial charge on any atom is -0.401 e. The van der Waals surface area contributed by atoms with Gasteiger partial charge in [0.1, 0.15) is 3.39 Å². The molecule has 102 valence electrons. The largest absolute Gasteiger partial charge is 0.530 e. The molecule has 0 amide bonds. The normalized spacial score (nSPS) is 11.3. The number of hydrogen-bond acceptors (Lipinski definition) is 5. The molecule has 0 aromatic carbocycles. The van der Waals surface area contributed by atoms with Gasteiger partial charge < -0.3 is 4.52 Å². The summed E-state index contributed by atoms with van der Waals surface area (Å²) in [6.07, 6.45) is 0. The van der Waals surface area contributed by atoms with Gasteiger partial charge in [0.15, 0.2) is 5.76 Å². The van der Waals surface area contributed by atoms with E-state index in [1.54, 1.807) is 13.8 Å². The standard InChI is InChI=1S/C10H13Br2O4PS/c1-3-14-17(13,15-4-2)16-9(10(11)12)8-6-5-7-18-8/h5-7H,3-4H2,1-2H3. The Morgan fingerprint density at radius 2 is 1.94 bits per heavy atom. The van der Waals surface area contributed by atoms with Crippen LogP contribution in [0.3, 0.4) is 0 Å². The number of phosphoric acid groups is 1. The fraction of sp³-hybridized carbons (Fsp3) is 0.400. The molecule has 0 aliphatic heterocycles. The van der Waals surface area contributed by atoms with Crippen LogP contribution >= 0.6 is 51.0 Å². The third kappa shape index (κ3) is 4.79. The minimum atomic E-state index is -3.58. The molecule has 0 radical (unpaired) electrons. The second-order valence-corrected chi connectivity index (χ2v) is 8.13.